The number of sulfonamides is 1. The van der Waals surface area contributed by atoms with Gasteiger partial charge in [-0.1, -0.05) is 18.5 Å². The SMILES string of the molecule is Cc1cc(I)ccc1NC(=O)c1cc(S(=O)(=O)N2CCC(C)CC2)ccc1Cl. The van der Waals surface area contributed by atoms with Gasteiger partial charge < -0.3 is 5.32 Å². The Hall–Kier alpha value is -1.16. The van der Waals surface area contributed by atoms with Crippen molar-refractivity contribution in [3.05, 3.63) is 56.1 Å². The number of halogens is 2. The molecule has 28 heavy (non-hydrogen) atoms. The summed E-state index contributed by atoms with van der Waals surface area (Å²) in [6.45, 7) is 5.02. The van der Waals surface area contributed by atoms with E-state index >= 15 is 0 Å². The van der Waals surface area contributed by atoms with E-state index in [0.717, 1.165) is 22.0 Å². The molecule has 1 N–H and O–H groups in total. The normalized spacial score (nSPS) is 16.1. The maximum absolute atomic E-state index is 13.0. The van der Waals surface area contributed by atoms with Crippen LogP contribution in [-0.2, 0) is 10.0 Å². The van der Waals surface area contributed by atoms with Crippen LogP contribution < -0.4 is 5.32 Å². The molecule has 0 spiro atoms. The second-order valence-electron chi connectivity index (χ2n) is 7.14. The first-order valence-corrected chi connectivity index (χ1v) is 12.0. The van der Waals surface area contributed by atoms with E-state index in [-0.39, 0.29) is 15.5 Å². The van der Waals surface area contributed by atoms with E-state index in [1.54, 1.807) is 0 Å². The molecular weight excluding hydrogens is 511 g/mol. The van der Waals surface area contributed by atoms with E-state index in [4.69, 9.17) is 11.6 Å². The summed E-state index contributed by atoms with van der Waals surface area (Å²) >= 11 is 8.41. The van der Waals surface area contributed by atoms with Gasteiger partial charge in [-0.15, -0.1) is 0 Å². The van der Waals surface area contributed by atoms with E-state index in [1.165, 1.54) is 22.5 Å². The van der Waals surface area contributed by atoms with Crippen molar-refractivity contribution in [3.63, 3.8) is 0 Å². The van der Waals surface area contributed by atoms with Crippen LogP contribution >= 0.6 is 34.2 Å². The van der Waals surface area contributed by atoms with Gasteiger partial charge in [-0.05, 0) is 90.2 Å². The third-order valence-corrected chi connectivity index (χ3v) is 7.89. The molecule has 0 saturated carbocycles. The number of nitrogens with zero attached hydrogens (tertiary/aromatic N) is 1. The number of anilines is 1. The van der Waals surface area contributed by atoms with Gasteiger partial charge in [-0.2, -0.15) is 4.31 Å². The molecule has 150 valence electrons. The van der Waals surface area contributed by atoms with Crippen LogP contribution in [-0.4, -0.2) is 31.7 Å². The third-order valence-electron chi connectivity index (χ3n) is 5.00. The smallest absolute Gasteiger partial charge is 0.257 e. The monoisotopic (exact) mass is 532 g/mol. The second-order valence-corrected chi connectivity index (χ2v) is 10.7. The summed E-state index contributed by atoms with van der Waals surface area (Å²) in [6, 6.07) is 9.96. The number of piperidine rings is 1. The molecule has 5 nitrogen and oxygen atoms in total. The highest BCUT2D eigenvalue weighted by molar-refractivity contribution is 14.1. The molecule has 1 aliphatic heterocycles. The van der Waals surface area contributed by atoms with E-state index < -0.39 is 15.9 Å². The van der Waals surface area contributed by atoms with Crippen LogP contribution in [0.25, 0.3) is 0 Å². The van der Waals surface area contributed by atoms with Crippen LogP contribution in [0.1, 0.15) is 35.7 Å². The highest BCUT2D eigenvalue weighted by Crippen LogP contribution is 2.27. The first-order valence-electron chi connectivity index (χ1n) is 9.05. The molecule has 0 atom stereocenters. The van der Waals surface area contributed by atoms with Gasteiger partial charge >= 0.3 is 0 Å². The van der Waals surface area contributed by atoms with Crippen molar-refractivity contribution in [1.82, 2.24) is 4.31 Å². The largest absolute Gasteiger partial charge is 0.322 e. The molecule has 3 rings (SSSR count). The van der Waals surface area contributed by atoms with E-state index in [9.17, 15) is 13.2 Å². The van der Waals surface area contributed by atoms with Crippen molar-refractivity contribution in [2.75, 3.05) is 18.4 Å². The van der Waals surface area contributed by atoms with Crippen molar-refractivity contribution in [2.45, 2.75) is 31.6 Å². The Morgan fingerprint density at radius 2 is 1.86 bits per heavy atom. The molecule has 0 radical (unpaired) electrons. The van der Waals surface area contributed by atoms with Gasteiger partial charge in [0.05, 0.1) is 15.5 Å². The molecule has 1 heterocycles. The Balaban J connectivity index is 1.87. The molecule has 2 aromatic rings. The van der Waals surface area contributed by atoms with Crippen molar-refractivity contribution in [1.29, 1.82) is 0 Å². The average Bonchev–Trinajstić information content (AvgIpc) is 2.64. The molecule has 1 amide bonds. The van der Waals surface area contributed by atoms with E-state index in [0.29, 0.717) is 24.7 Å². The highest BCUT2D eigenvalue weighted by atomic mass is 127. The molecule has 0 aliphatic carbocycles. The second kappa shape index (κ2) is 8.69. The lowest BCUT2D eigenvalue weighted by Crippen LogP contribution is -2.37. The Morgan fingerprint density at radius 1 is 1.18 bits per heavy atom. The van der Waals surface area contributed by atoms with Crippen molar-refractivity contribution >= 4 is 55.8 Å². The number of rotatable bonds is 4. The van der Waals surface area contributed by atoms with Crippen molar-refractivity contribution < 1.29 is 13.2 Å². The predicted molar refractivity (Wildman–Crippen MR) is 120 cm³/mol. The minimum absolute atomic E-state index is 0.0935. The summed E-state index contributed by atoms with van der Waals surface area (Å²) in [4.78, 5) is 12.9. The van der Waals surface area contributed by atoms with Crippen LogP contribution in [0.3, 0.4) is 0 Å². The van der Waals surface area contributed by atoms with Gasteiger partial charge in [-0.25, -0.2) is 8.42 Å². The number of nitrogens with one attached hydrogen (secondary N) is 1. The first-order chi connectivity index (χ1) is 13.2. The fraction of sp³-hybridized carbons (Fsp3) is 0.350. The molecule has 1 aliphatic rings. The van der Waals surface area contributed by atoms with Crippen LogP contribution in [0.5, 0.6) is 0 Å². The Bertz CT molecular complexity index is 1000. The maximum atomic E-state index is 13.0. The minimum atomic E-state index is -3.65. The van der Waals surface area contributed by atoms with E-state index in [2.05, 4.69) is 34.8 Å². The summed E-state index contributed by atoms with van der Waals surface area (Å²) in [5.41, 5.74) is 1.73. The summed E-state index contributed by atoms with van der Waals surface area (Å²) in [5, 5.41) is 3.04. The maximum Gasteiger partial charge on any atom is 0.257 e. The molecular formula is C20H22ClIN2O3S. The van der Waals surface area contributed by atoms with Crippen LogP contribution in [0.15, 0.2) is 41.3 Å². The van der Waals surface area contributed by atoms with Gasteiger partial charge in [0.2, 0.25) is 10.0 Å². The van der Waals surface area contributed by atoms with Gasteiger partial charge in [-0.3, -0.25) is 4.79 Å². The number of benzene rings is 2. The lowest BCUT2D eigenvalue weighted by molar-refractivity contribution is 0.102. The quantitative estimate of drug-likeness (QED) is 0.568. The summed E-state index contributed by atoms with van der Waals surface area (Å²) in [5.74, 6) is 0.0915. The Labute approximate surface area is 184 Å². The standard InChI is InChI=1S/C20H22ClIN2O3S/c1-13-7-9-24(10-8-13)28(26,27)16-4-5-18(21)17(12-16)20(25)23-19-6-3-15(22)11-14(19)2/h3-6,11-13H,7-10H2,1-2H3,(H,23,25). The van der Waals surface area contributed by atoms with Crippen LogP contribution in [0.4, 0.5) is 5.69 Å². The zero-order valence-electron chi connectivity index (χ0n) is 15.7. The molecule has 0 unspecified atom stereocenters. The number of hydrogen-bond donors (Lipinski definition) is 1. The Morgan fingerprint density at radius 3 is 2.50 bits per heavy atom. The number of carbonyl (C=O) groups is 1. The van der Waals surface area contributed by atoms with Gasteiger partial charge in [0.15, 0.2) is 0 Å². The molecule has 1 saturated heterocycles. The van der Waals surface area contributed by atoms with Crippen molar-refractivity contribution in [2.24, 2.45) is 5.92 Å². The van der Waals surface area contributed by atoms with Crippen molar-refractivity contribution in [3.8, 4) is 0 Å². The average molecular weight is 533 g/mol. The Kier molecular flexibility index (Phi) is 6.69. The molecule has 0 bridgehead atoms. The number of carbonyl (C=O) groups excluding carboxylic acids is 1. The third kappa shape index (κ3) is 4.69. The van der Waals surface area contributed by atoms with Crippen LogP contribution in [0.2, 0.25) is 5.02 Å². The first kappa shape index (κ1) is 21.5. The lowest BCUT2D eigenvalue weighted by Gasteiger charge is -2.29. The highest BCUT2D eigenvalue weighted by Gasteiger charge is 2.29. The lowest BCUT2D eigenvalue weighted by atomic mass is 10.0. The molecule has 8 heteroatoms. The fourth-order valence-corrected chi connectivity index (χ4v) is 5.52. The number of hydrogen-bond acceptors (Lipinski definition) is 3. The minimum Gasteiger partial charge on any atom is -0.322 e. The van der Waals surface area contributed by atoms with Gasteiger partial charge in [0.1, 0.15) is 0 Å². The molecule has 0 aromatic heterocycles. The predicted octanol–water partition coefficient (Wildman–Crippen LogP) is 4.93. The zero-order valence-corrected chi connectivity index (χ0v) is 19.4. The molecule has 1 fully saturated rings. The molecule has 2 aromatic carbocycles. The van der Waals surface area contributed by atoms with E-state index in [1.807, 2.05) is 25.1 Å². The number of aryl methyl sites for hydroxylation is 1. The zero-order chi connectivity index (χ0) is 20.5. The van der Waals surface area contributed by atoms with Crippen LogP contribution in [0, 0.1) is 16.4 Å². The summed E-state index contributed by atoms with van der Waals surface area (Å²) < 4.78 is 28.5. The number of amides is 1. The fourth-order valence-electron chi connectivity index (χ4n) is 3.17. The summed E-state index contributed by atoms with van der Waals surface area (Å²) in [6.07, 6.45) is 1.68. The summed E-state index contributed by atoms with van der Waals surface area (Å²) in [7, 11) is -3.65. The topological polar surface area (TPSA) is 66.5 Å². The van der Waals surface area contributed by atoms with Gasteiger partial charge in [0.25, 0.3) is 5.91 Å². The van der Waals surface area contributed by atoms with Gasteiger partial charge in [0, 0.05) is 22.3 Å².